The lowest BCUT2D eigenvalue weighted by molar-refractivity contribution is -0.0694. The number of hydrogen-bond donors (Lipinski definition) is 6. The van der Waals surface area contributed by atoms with Crippen LogP contribution in [0.5, 0.6) is 0 Å². The summed E-state index contributed by atoms with van der Waals surface area (Å²) in [5, 5.41) is 21.8. The monoisotopic (exact) mass is 837 g/mol. The van der Waals surface area contributed by atoms with Gasteiger partial charge in [0.25, 0.3) is 5.56 Å². The van der Waals surface area contributed by atoms with Crippen LogP contribution in [0.2, 0.25) is 0 Å². The molecule has 0 saturated carbocycles. The Morgan fingerprint density at radius 3 is 1.70 bits per heavy atom. The summed E-state index contributed by atoms with van der Waals surface area (Å²) in [5.41, 5.74) is 3.77. The standard InChI is InChI=1S/C19H23N7O14P2.2C6H15N/c20-9-1-2-25(19(30)24-9)17-13-11(27)7(37-17)3-35-42(33,34)40-14-12(28)8(4-36-41(31,32)39-13)38-18(14)26-6-23-10-15(26)21-5-22-16(10)29;2*1-4-7(5-2)6-3/h1-2,5-8,11-14,17-18,27-28H,3-4H2,(H,31,32)(H,33,34)(H2,20,24,30)(H,21,22,29);2*4-6H2,1-3H3/t7-,8-,11-,12-,13-,14-,17-,18-;;/m1../s1. The molecule has 23 nitrogen and oxygen atoms in total. The van der Waals surface area contributed by atoms with Gasteiger partial charge in [0.15, 0.2) is 23.6 Å². The number of nitrogen functional groups attached to an aromatic ring is 1. The second-order valence-corrected chi connectivity index (χ2v) is 15.4. The highest BCUT2D eigenvalue weighted by Gasteiger charge is 2.53. The summed E-state index contributed by atoms with van der Waals surface area (Å²) in [6, 6.07) is 1.21. The Morgan fingerprint density at radius 1 is 0.804 bits per heavy atom. The normalized spacial score (nSPS) is 32.1. The van der Waals surface area contributed by atoms with E-state index in [9.17, 15) is 38.7 Å². The molecule has 3 aromatic rings. The van der Waals surface area contributed by atoms with E-state index in [1.54, 1.807) is 0 Å². The second kappa shape index (κ2) is 20.1. The lowest BCUT2D eigenvalue weighted by Gasteiger charge is -2.26. The summed E-state index contributed by atoms with van der Waals surface area (Å²) >= 11 is 0. The molecule has 0 radical (unpaired) electrons. The first kappa shape index (κ1) is 45.7. The number of fused-ring (bicyclic) bond motifs is 5. The molecule has 3 aromatic heterocycles. The van der Waals surface area contributed by atoms with Crippen LogP contribution in [0.15, 0.2) is 34.5 Å². The van der Waals surface area contributed by atoms with Gasteiger partial charge in [-0.25, -0.2) is 23.9 Å². The maximum absolute atomic E-state index is 13.0. The van der Waals surface area contributed by atoms with Crippen LogP contribution < -0.4 is 17.0 Å². The van der Waals surface area contributed by atoms with Gasteiger partial charge in [-0.2, -0.15) is 4.98 Å². The summed E-state index contributed by atoms with van der Waals surface area (Å²) in [5.74, 6) is -0.141. The van der Waals surface area contributed by atoms with E-state index >= 15 is 0 Å². The van der Waals surface area contributed by atoms with E-state index in [-0.39, 0.29) is 17.0 Å². The van der Waals surface area contributed by atoms with Gasteiger partial charge in [0.05, 0.1) is 25.9 Å². The number of phosphoric ester groups is 2. The number of aliphatic hydroxyl groups is 2. The van der Waals surface area contributed by atoms with E-state index in [0.717, 1.165) is 28.0 Å². The highest BCUT2D eigenvalue weighted by atomic mass is 31.2. The molecule has 6 heterocycles. The molecule has 10 atom stereocenters. The fourth-order valence-corrected chi connectivity index (χ4v) is 7.97. The van der Waals surface area contributed by atoms with E-state index < -0.39 is 89.2 Å². The molecule has 3 fully saturated rings. The van der Waals surface area contributed by atoms with Crippen molar-refractivity contribution in [1.29, 1.82) is 0 Å². The van der Waals surface area contributed by atoms with E-state index in [4.69, 9.17) is 33.3 Å². The number of nitrogens with zero attached hydrogens (tertiary/aromatic N) is 7. The summed E-state index contributed by atoms with van der Waals surface area (Å²) in [7, 11) is -10.2. The predicted molar refractivity (Wildman–Crippen MR) is 199 cm³/mol. The van der Waals surface area contributed by atoms with Crippen LogP contribution in [0, 0.1) is 0 Å². The fourth-order valence-electron chi connectivity index (χ4n) is 6.10. The van der Waals surface area contributed by atoms with Crippen molar-refractivity contribution in [2.24, 2.45) is 0 Å². The van der Waals surface area contributed by atoms with Crippen molar-refractivity contribution in [3.8, 4) is 0 Å². The molecule has 6 rings (SSSR count). The van der Waals surface area contributed by atoms with Crippen molar-refractivity contribution in [3.63, 3.8) is 0 Å². The number of aliphatic hydroxyl groups excluding tert-OH is 2. The van der Waals surface area contributed by atoms with Crippen molar-refractivity contribution in [1.82, 2.24) is 38.9 Å². The molecule has 3 aliphatic heterocycles. The van der Waals surface area contributed by atoms with Crippen LogP contribution in [0.4, 0.5) is 5.82 Å². The Hall–Kier alpha value is -2.99. The number of nitrogens with two attached hydrogens (primary N) is 1. The topological polar surface area (TPSA) is 301 Å². The molecule has 0 aromatic carbocycles. The Morgan fingerprint density at radius 2 is 1.27 bits per heavy atom. The summed E-state index contributed by atoms with van der Waals surface area (Å²) < 4.78 is 59.8. The van der Waals surface area contributed by atoms with Gasteiger partial charge in [0.2, 0.25) is 0 Å². The molecule has 316 valence electrons. The van der Waals surface area contributed by atoms with Gasteiger partial charge in [0, 0.05) is 6.20 Å². The summed E-state index contributed by atoms with van der Waals surface area (Å²) in [4.78, 5) is 64.1. The number of phosphoric acid groups is 2. The smallest absolute Gasteiger partial charge is 0.387 e. The predicted octanol–water partition coefficient (Wildman–Crippen LogP) is 0.190. The van der Waals surface area contributed by atoms with Crippen molar-refractivity contribution >= 4 is 32.6 Å². The zero-order valence-corrected chi connectivity index (χ0v) is 33.8. The molecule has 0 spiro atoms. The first-order valence-corrected chi connectivity index (χ1v) is 21.2. The number of H-pyrrole nitrogens is 1. The first-order chi connectivity index (χ1) is 26.5. The zero-order chi connectivity index (χ0) is 41.4. The van der Waals surface area contributed by atoms with Crippen molar-refractivity contribution in [3.05, 3.63) is 45.8 Å². The number of imidazole rings is 1. The van der Waals surface area contributed by atoms with Crippen LogP contribution in [-0.2, 0) is 36.7 Å². The third-order valence-corrected chi connectivity index (χ3v) is 11.4. The van der Waals surface area contributed by atoms with E-state index in [2.05, 4.69) is 71.3 Å². The molecule has 0 aliphatic carbocycles. The number of aromatic nitrogens is 6. The molecule has 7 N–H and O–H groups in total. The number of aromatic amines is 1. The van der Waals surface area contributed by atoms with Gasteiger partial charge < -0.3 is 50.0 Å². The quantitative estimate of drug-likeness (QED) is 0.165. The summed E-state index contributed by atoms with van der Waals surface area (Å²) in [6.45, 7) is 18.5. The van der Waals surface area contributed by atoms with Crippen LogP contribution in [0.25, 0.3) is 11.2 Å². The first-order valence-electron chi connectivity index (χ1n) is 18.2. The molecular formula is C31H53N9O14P2. The largest absolute Gasteiger partial charge is 0.472 e. The van der Waals surface area contributed by atoms with E-state index in [1.165, 1.54) is 45.3 Å². The van der Waals surface area contributed by atoms with Gasteiger partial charge in [-0.05, 0) is 45.3 Å². The van der Waals surface area contributed by atoms with Gasteiger partial charge in [-0.3, -0.25) is 32.0 Å². The lowest BCUT2D eigenvalue weighted by atomic mass is 10.1. The Kier molecular flexibility index (Phi) is 16.4. The molecule has 4 bridgehead atoms. The Labute approximate surface area is 322 Å². The maximum atomic E-state index is 13.0. The maximum Gasteiger partial charge on any atom is 0.472 e. The highest BCUT2D eigenvalue weighted by Crippen LogP contribution is 2.53. The number of anilines is 1. The third kappa shape index (κ3) is 11.1. The molecule has 3 aliphatic rings. The number of hydrogen-bond acceptors (Lipinski definition) is 18. The third-order valence-electron chi connectivity index (χ3n) is 9.39. The van der Waals surface area contributed by atoms with Gasteiger partial charge in [0.1, 0.15) is 42.4 Å². The summed E-state index contributed by atoms with van der Waals surface area (Å²) in [6.07, 6.45) is -9.79. The van der Waals surface area contributed by atoms with Gasteiger partial charge >= 0.3 is 21.3 Å². The van der Waals surface area contributed by atoms with Gasteiger partial charge in [-0.1, -0.05) is 41.5 Å². The Bertz CT molecular complexity index is 1900. The molecule has 0 amide bonds. The number of ether oxygens (including phenoxy) is 2. The molecule has 2 unspecified atom stereocenters. The second-order valence-electron chi connectivity index (χ2n) is 12.6. The minimum absolute atomic E-state index is 0.0406. The average Bonchev–Trinajstić information content (AvgIpc) is 3.82. The van der Waals surface area contributed by atoms with Crippen molar-refractivity contribution in [2.75, 3.05) is 58.2 Å². The molecule has 3 saturated heterocycles. The van der Waals surface area contributed by atoms with Crippen LogP contribution in [-0.4, -0.2) is 148 Å². The highest BCUT2D eigenvalue weighted by molar-refractivity contribution is 7.47. The molecular weight excluding hydrogens is 784 g/mol. The Balaban J connectivity index is 0.000000425. The number of nitrogens with one attached hydrogen (secondary N) is 1. The minimum Gasteiger partial charge on any atom is -0.387 e. The zero-order valence-electron chi connectivity index (χ0n) is 32.1. The lowest BCUT2D eigenvalue weighted by Crippen LogP contribution is -2.39. The van der Waals surface area contributed by atoms with Crippen LogP contribution in [0.1, 0.15) is 54.0 Å². The van der Waals surface area contributed by atoms with E-state index in [0.29, 0.717) is 0 Å². The van der Waals surface area contributed by atoms with Crippen LogP contribution in [0.3, 0.4) is 0 Å². The van der Waals surface area contributed by atoms with Crippen LogP contribution >= 0.6 is 15.6 Å². The van der Waals surface area contributed by atoms with Gasteiger partial charge in [-0.15, -0.1) is 0 Å². The van der Waals surface area contributed by atoms with E-state index in [1.807, 2.05) is 0 Å². The molecule has 56 heavy (non-hydrogen) atoms. The fraction of sp³-hybridized carbons (Fsp3) is 0.710. The van der Waals surface area contributed by atoms with Crippen molar-refractivity contribution < 1.29 is 56.7 Å². The SMILES string of the molecule is CCN(CC)CC.CCN(CC)CC.Nc1ccn([C@@H]2O[C@@H]3COP(=O)(O)O[C@@H]4[C@H](O)[C@@H](COP(=O)(O)O[C@@H]2[C@@H]3O)O[C@H]4n2cnc3c(=O)[nH]cnc32)c(=O)n1. The number of rotatable bonds is 8. The molecule has 25 heteroatoms. The average molecular weight is 838 g/mol. The van der Waals surface area contributed by atoms with Crippen molar-refractivity contribution in [2.45, 2.75) is 90.6 Å². The minimum atomic E-state index is -5.09.